The maximum Gasteiger partial charge on any atom is 0.246 e. The molecule has 6 heteroatoms. The molecule has 2 amide bonds. The number of likely N-dealkylation sites (N-methyl/N-ethyl adjacent to an activating group) is 1. The highest BCUT2D eigenvalue weighted by Gasteiger charge is 2.30. The Balaban J connectivity index is 1.73. The van der Waals surface area contributed by atoms with Gasteiger partial charge in [0, 0.05) is 24.5 Å². The van der Waals surface area contributed by atoms with Gasteiger partial charge in [0.15, 0.2) is 0 Å². The predicted octanol–water partition coefficient (Wildman–Crippen LogP) is 1.56. The summed E-state index contributed by atoms with van der Waals surface area (Å²) in [6, 6.07) is 7.31. The summed E-state index contributed by atoms with van der Waals surface area (Å²) in [4.78, 5) is 24.4. The van der Waals surface area contributed by atoms with E-state index in [9.17, 15) is 9.59 Å². The minimum atomic E-state index is -0.288. The molecule has 1 atom stereocenters. The summed E-state index contributed by atoms with van der Waals surface area (Å²) >= 11 is 3.38. The fraction of sp³-hybridized carbons (Fsp3) is 0.429. The fourth-order valence-corrected chi connectivity index (χ4v) is 2.44. The maximum atomic E-state index is 11.8. The third-order valence-electron chi connectivity index (χ3n) is 3.21. The molecule has 1 aromatic carbocycles. The molecule has 0 saturated carbocycles. The SMILES string of the molecule is CN1C(=O)CCC(NCCOc2cccc(Br)c2)C1=O. The molecule has 1 saturated heterocycles. The third kappa shape index (κ3) is 3.80. The molecule has 1 aliphatic heterocycles. The van der Waals surface area contributed by atoms with Crippen molar-refractivity contribution in [3.8, 4) is 5.75 Å². The average molecular weight is 341 g/mol. The molecule has 108 valence electrons. The lowest BCUT2D eigenvalue weighted by atomic mass is 10.0. The third-order valence-corrected chi connectivity index (χ3v) is 3.70. The van der Waals surface area contributed by atoms with E-state index < -0.39 is 0 Å². The van der Waals surface area contributed by atoms with Crippen molar-refractivity contribution in [1.82, 2.24) is 10.2 Å². The van der Waals surface area contributed by atoms with Crippen molar-refractivity contribution in [2.75, 3.05) is 20.2 Å². The van der Waals surface area contributed by atoms with Gasteiger partial charge in [-0.1, -0.05) is 22.0 Å². The zero-order valence-electron chi connectivity index (χ0n) is 11.3. The number of carbonyl (C=O) groups is 2. The lowest BCUT2D eigenvalue weighted by Crippen LogP contribution is -2.52. The van der Waals surface area contributed by atoms with Gasteiger partial charge >= 0.3 is 0 Å². The largest absolute Gasteiger partial charge is 0.492 e. The number of likely N-dealkylation sites (tertiary alicyclic amines) is 1. The number of carbonyl (C=O) groups excluding carboxylic acids is 2. The smallest absolute Gasteiger partial charge is 0.246 e. The number of halogens is 1. The highest BCUT2D eigenvalue weighted by molar-refractivity contribution is 9.10. The number of amides is 2. The Morgan fingerprint density at radius 1 is 1.45 bits per heavy atom. The monoisotopic (exact) mass is 340 g/mol. The van der Waals surface area contributed by atoms with Gasteiger partial charge in [0.1, 0.15) is 12.4 Å². The summed E-state index contributed by atoms with van der Waals surface area (Å²) in [5, 5.41) is 3.13. The Bertz CT molecular complexity index is 507. The van der Waals surface area contributed by atoms with E-state index in [1.807, 2.05) is 24.3 Å². The number of nitrogens with zero attached hydrogens (tertiary/aromatic N) is 1. The molecule has 0 aromatic heterocycles. The van der Waals surface area contributed by atoms with Gasteiger partial charge in [-0.3, -0.25) is 14.5 Å². The predicted molar refractivity (Wildman–Crippen MR) is 78.4 cm³/mol. The molecule has 1 aromatic rings. The van der Waals surface area contributed by atoms with Crippen LogP contribution in [0.3, 0.4) is 0 Å². The first kappa shape index (κ1) is 15.0. The Morgan fingerprint density at radius 3 is 3.00 bits per heavy atom. The first-order valence-electron chi connectivity index (χ1n) is 6.50. The minimum Gasteiger partial charge on any atom is -0.492 e. The fourth-order valence-electron chi connectivity index (χ4n) is 2.06. The van der Waals surface area contributed by atoms with Gasteiger partial charge in [-0.25, -0.2) is 0 Å². The molecular formula is C14H17BrN2O3. The van der Waals surface area contributed by atoms with Crippen LogP contribution in [0, 0.1) is 0 Å². The van der Waals surface area contributed by atoms with Crippen molar-refractivity contribution in [2.45, 2.75) is 18.9 Å². The van der Waals surface area contributed by atoms with Crippen molar-refractivity contribution in [3.05, 3.63) is 28.7 Å². The Labute approximate surface area is 126 Å². The molecule has 0 radical (unpaired) electrons. The standard InChI is InChI=1S/C14H17BrN2O3/c1-17-13(18)6-5-12(14(17)19)16-7-8-20-11-4-2-3-10(15)9-11/h2-4,9,12,16H,5-8H2,1H3. The molecule has 0 bridgehead atoms. The van der Waals surface area contributed by atoms with Crippen LogP contribution in [0.25, 0.3) is 0 Å². The molecule has 1 aliphatic rings. The van der Waals surface area contributed by atoms with E-state index >= 15 is 0 Å². The van der Waals surface area contributed by atoms with Gasteiger partial charge in [-0.2, -0.15) is 0 Å². The van der Waals surface area contributed by atoms with Crippen molar-refractivity contribution < 1.29 is 14.3 Å². The zero-order chi connectivity index (χ0) is 14.5. The number of hydrogen-bond donors (Lipinski definition) is 1. The Hall–Kier alpha value is -1.40. The van der Waals surface area contributed by atoms with Gasteiger partial charge in [0.05, 0.1) is 6.04 Å². The highest BCUT2D eigenvalue weighted by atomic mass is 79.9. The molecule has 1 fully saturated rings. The van der Waals surface area contributed by atoms with Crippen LogP contribution in [0.15, 0.2) is 28.7 Å². The number of nitrogens with one attached hydrogen (secondary N) is 1. The van der Waals surface area contributed by atoms with Gasteiger partial charge in [0.25, 0.3) is 0 Å². The van der Waals surface area contributed by atoms with Crippen LogP contribution < -0.4 is 10.1 Å². The van der Waals surface area contributed by atoms with Crippen LogP contribution >= 0.6 is 15.9 Å². The second-order valence-electron chi connectivity index (χ2n) is 4.64. The van der Waals surface area contributed by atoms with E-state index in [4.69, 9.17) is 4.74 Å². The van der Waals surface area contributed by atoms with Crippen LogP contribution in [0.2, 0.25) is 0 Å². The number of piperidine rings is 1. The summed E-state index contributed by atoms with van der Waals surface area (Å²) < 4.78 is 6.54. The average Bonchev–Trinajstić information content (AvgIpc) is 2.43. The molecule has 1 heterocycles. The summed E-state index contributed by atoms with van der Waals surface area (Å²) in [5.74, 6) is 0.505. The summed E-state index contributed by atoms with van der Waals surface area (Å²) in [7, 11) is 1.52. The van der Waals surface area contributed by atoms with E-state index in [-0.39, 0.29) is 17.9 Å². The number of imide groups is 1. The minimum absolute atomic E-state index is 0.113. The quantitative estimate of drug-likeness (QED) is 0.652. The summed E-state index contributed by atoms with van der Waals surface area (Å²) in [6.45, 7) is 1.03. The molecule has 2 rings (SSSR count). The van der Waals surface area contributed by atoms with E-state index in [1.165, 1.54) is 11.9 Å². The molecule has 0 spiro atoms. The second-order valence-corrected chi connectivity index (χ2v) is 5.56. The summed E-state index contributed by atoms with van der Waals surface area (Å²) in [5.41, 5.74) is 0. The van der Waals surface area contributed by atoms with Crippen molar-refractivity contribution in [2.24, 2.45) is 0 Å². The molecule has 20 heavy (non-hydrogen) atoms. The van der Waals surface area contributed by atoms with Crippen molar-refractivity contribution in [1.29, 1.82) is 0 Å². The van der Waals surface area contributed by atoms with Gasteiger partial charge in [-0.05, 0) is 24.6 Å². The Morgan fingerprint density at radius 2 is 2.25 bits per heavy atom. The maximum absolute atomic E-state index is 11.8. The number of hydrogen-bond acceptors (Lipinski definition) is 4. The van der Waals surface area contributed by atoms with E-state index in [1.54, 1.807) is 0 Å². The lowest BCUT2D eigenvalue weighted by molar-refractivity contribution is -0.148. The van der Waals surface area contributed by atoms with E-state index in [2.05, 4.69) is 21.2 Å². The van der Waals surface area contributed by atoms with Crippen LogP contribution in [0.1, 0.15) is 12.8 Å². The van der Waals surface area contributed by atoms with Gasteiger partial charge in [-0.15, -0.1) is 0 Å². The molecule has 0 aliphatic carbocycles. The van der Waals surface area contributed by atoms with Crippen LogP contribution in [-0.2, 0) is 9.59 Å². The second kappa shape index (κ2) is 6.85. The first-order chi connectivity index (χ1) is 9.58. The molecule has 1 N–H and O–H groups in total. The van der Waals surface area contributed by atoms with Crippen LogP contribution in [0.5, 0.6) is 5.75 Å². The van der Waals surface area contributed by atoms with E-state index in [0.29, 0.717) is 26.0 Å². The van der Waals surface area contributed by atoms with Crippen molar-refractivity contribution >= 4 is 27.7 Å². The zero-order valence-corrected chi connectivity index (χ0v) is 12.9. The van der Waals surface area contributed by atoms with Gasteiger partial charge < -0.3 is 10.1 Å². The number of rotatable bonds is 5. The van der Waals surface area contributed by atoms with Crippen molar-refractivity contribution in [3.63, 3.8) is 0 Å². The number of benzene rings is 1. The highest BCUT2D eigenvalue weighted by Crippen LogP contribution is 2.17. The Kier molecular flexibility index (Phi) is 5.14. The summed E-state index contributed by atoms with van der Waals surface area (Å²) in [6.07, 6.45) is 0.964. The topological polar surface area (TPSA) is 58.6 Å². The molecule has 1 unspecified atom stereocenters. The lowest BCUT2D eigenvalue weighted by Gasteiger charge is -2.28. The first-order valence-corrected chi connectivity index (χ1v) is 7.29. The van der Waals surface area contributed by atoms with Crippen LogP contribution in [-0.4, -0.2) is 43.0 Å². The number of ether oxygens (including phenoxy) is 1. The van der Waals surface area contributed by atoms with Crippen LogP contribution in [0.4, 0.5) is 0 Å². The van der Waals surface area contributed by atoms with Gasteiger partial charge in [0.2, 0.25) is 11.8 Å². The van der Waals surface area contributed by atoms with E-state index in [0.717, 1.165) is 10.2 Å². The molecule has 5 nitrogen and oxygen atoms in total. The normalized spacial score (nSPS) is 19.3. The molecular weight excluding hydrogens is 324 g/mol.